The lowest BCUT2D eigenvalue weighted by atomic mass is 9.94. The molecule has 1 aromatic heterocycles. The van der Waals surface area contributed by atoms with E-state index < -0.39 is 5.97 Å². The van der Waals surface area contributed by atoms with Crippen molar-refractivity contribution in [2.24, 2.45) is 5.92 Å². The Kier molecular flexibility index (Phi) is 6.67. The van der Waals surface area contributed by atoms with Crippen molar-refractivity contribution in [2.45, 2.75) is 38.1 Å². The van der Waals surface area contributed by atoms with Crippen LogP contribution in [0.1, 0.15) is 40.2 Å². The Labute approximate surface area is 213 Å². The van der Waals surface area contributed by atoms with E-state index in [9.17, 15) is 9.59 Å². The van der Waals surface area contributed by atoms with E-state index in [-0.39, 0.29) is 17.9 Å². The van der Waals surface area contributed by atoms with Gasteiger partial charge < -0.3 is 14.6 Å². The minimum atomic E-state index is -0.466. The van der Waals surface area contributed by atoms with Gasteiger partial charge in [-0.25, -0.2) is 9.78 Å². The highest BCUT2D eigenvalue weighted by molar-refractivity contribution is 6.36. The summed E-state index contributed by atoms with van der Waals surface area (Å²) in [6, 6.07) is 10.9. The fraction of sp³-hybridized carbons (Fsp3) is 0.296. The van der Waals surface area contributed by atoms with Crippen LogP contribution in [0.4, 0.5) is 0 Å². The van der Waals surface area contributed by atoms with Crippen LogP contribution in [0.5, 0.6) is 0 Å². The average Bonchev–Trinajstić information content (AvgIpc) is 3.47. The second kappa shape index (κ2) is 9.88. The van der Waals surface area contributed by atoms with Crippen molar-refractivity contribution < 1.29 is 14.3 Å². The van der Waals surface area contributed by atoms with E-state index in [0.717, 1.165) is 66.6 Å². The largest absolute Gasteiger partial charge is 0.432 e. The summed E-state index contributed by atoms with van der Waals surface area (Å²) in [5.74, 6) is -0.420. The van der Waals surface area contributed by atoms with Crippen LogP contribution in [0.3, 0.4) is 0 Å². The number of imidazole rings is 1. The number of aromatic amines is 1. The van der Waals surface area contributed by atoms with Gasteiger partial charge in [0.1, 0.15) is 0 Å². The number of hydrogen-bond donors (Lipinski definition) is 1. The van der Waals surface area contributed by atoms with Crippen LogP contribution in [-0.4, -0.2) is 39.3 Å². The van der Waals surface area contributed by atoms with Crippen molar-refractivity contribution in [3.63, 3.8) is 0 Å². The second-order valence-electron chi connectivity index (χ2n) is 9.01. The molecule has 0 saturated carbocycles. The van der Waals surface area contributed by atoms with Crippen LogP contribution in [0, 0.1) is 5.92 Å². The molecule has 180 valence electrons. The maximum absolute atomic E-state index is 13.3. The van der Waals surface area contributed by atoms with Gasteiger partial charge in [0, 0.05) is 40.7 Å². The lowest BCUT2D eigenvalue weighted by molar-refractivity contribution is -0.133. The number of amides is 1. The van der Waals surface area contributed by atoms with E-state index in [1.807, 2.05) is 29.2 Å². The van der Waals surface area contributed by atoms with Crippen LogP contribution < -0.4 is 0 Å². The lowest BCUT2D eigenvalue weighted by Crippen LogP contribution is -2.41. The number of aromatic nitrogens is 2. The first kappa shape index (κ1) is 23.6. The van der Waals surface area contributed by atoms with E-state index in [1.54, 1.807) is 18.5 Å². The molecule has 1 N–H and O–H groups in total. The number of carbonyl (C=O) groups is 2. The van der Waals surface area contributed by atoms with E-state index in [1.165, 1.54) is 0 Å². The molecule has 0 bridgehead atoms. The molecule has 0 spiro atoms. The molecule has 2 heterocycles. The second-order valence-corrected chi connectivity index (χ2v) is 9.83. The number of halogens is 2. The van der Waals surface area contributed by atoms with Gasteiger partial charge in [-0.05, 0) is 66.6 Å². The van der Waals surface area contributed by atoms with Crippen LogP contribution in [0.2, 0.25) is 10.0 Å². The van der Waals surface area contributed by atoms with Gasteiger partial charge in [0.25, 0.3) is 0 Å². The molecular formula is C27H25Cl2N3O3. The molecule has 2 aliphatic rings. The molecule has 5 rings (SSSR count). The molecule has 1 aliphatic carbocycles. The number of aryl methyl sites for hydroxylation is 1. The number of benzene rings is 2. The minimum absolute atomic E-state index is 0.130. The monoisotopic (exact) mass is 509 g/mol. The zero-order valence-corrected chi connectivity index (χ0v) is 20.6. The van der Waals surface area contributed by atoms with Gasteiger partial charge in [-0.1, -0.05) is 41.9 Å². The maximum atomic E-state index is 13.3. The topological polar surface area (TPSA) is 75.3 Å². The first-order valence-electron chi connectivity index (χ1n) is 11.7. The van der Waals surface area contributed by atoms with E-state index >= 15 is 0 Å². The summed E-state index contributed by atoms with van der Waals surface area (Å²) >= 11 is 13.3. The first-order valence-corrected chi connectivity index (χ1v) is 12.4. The molecule has 2 atom stereocenters. The number of H-pyrrole nitrogens is 1. The molecule has 6 nitrogen and oxygen atoms in total. The number of hydrogen-bond acceptors (Lipinski definition) is 4. The molecule has 35 heavy (non-hydrogen) atoms. The molecule has 1 aliphatic heterocycles. The maximum Gasteiger partial charge on any atom is 0.342 e. The molecule has 2 unspecified atom stereocenters. The van der Waals surface area contributed by atoms with Gasteiger partial charge in [-0.15, -0.1) is 0 Å². The van der Waals surface area contributed by atoms with Gasteiger partial charge in [-0.2, -0.15) is 0 Å². The van der Waals surface area contributed by atoms with Crippen LogP contribution >= 0.6 is 23.2 Å². The predicted molar refractivity (Wildman–Crippen MR) is 135 cm³/mol. The van der Waals surface area contributed by atoms with Gasteiger partial charge in [0.2, 0.25) is 5.91 Å². The van der Waals surface area contributed by atoms with Gasteiger partial charge in [-0.3, -0.25) is 4.79 Å². The van der Waals surface area contributed by atoms with Crippen molar-refractivity contribution in [3.8, 4) is 11.1 Å². The summed E-state index contributed by atoms with van der Waals surface area (Å²) in [7, 11) is 0. The number of nitrogens with zero attached hydrogens (tertiary/aromatic N) is 2. The van der Waals surface area contributed by atoms with Gasteiger partial charge >= 0.3 is 5.97 Å². The predicted octanol–water partition coefficient (Wildman–Crippen LogP) is 5.63. The third-order valence-corrected chi connectivity index (χ3v) is 7.66. The SMILES string of the molecule is C=COC(=O)c1ccc(-c2cc(Cl)c(CC3CCN(C4CCc5nc[nH]c5C4)C3=O)c(Cl)c2)cc1. The lowest BCUT2D eigenvalue weighted by Gasteiger charge is -2.31. The standard InChI is InChI=1S/C27H25Cl2N3O3/c1-2-35-27(34)17-5-3-16(4-6-17)19-12-22(28)21(23(29)13-19)11-18-9-10-32(26(18)33)20-7-8-24-25(14-20)31-15-30-24/h2-6,12-13,15,18,20H,1,7-11,14H2,(H,30,31). The summed E-state index contributed by atoms with van der Waals surface area (Å²) in [5, 5.41) is 1.07. The summed E-state index contributed by atoms with van der Waals surface area (Å²) < 4.78 is 4.80. The number of ether oxygens (including phenoxy) is 1. The highest BCUT2D eigenvalue weighted by Gasteiger charge is 2.38. The smallest absolute Gasteiger partial charge is 0.342 e. The fourth-order valence-electron chi connectivity index (χ4n) is 5.12. The average molecular weight is 510 g/mol. The van der Waals surface area contributed by atoms with Crippen molar-refractivity contribution in [1.82, 2.24) is 14.9 Å². The Morgan fingerprint density at radius 2 is 1.91 bits per heavy atom. The summed E-state index contributed by atoms with van der Waals surface area (Å²) in [6.07, 6.45) is 6.81. The molecule has 3 aromatic rings. The molecule has 1 fully saturated rings. The third-order valence-electron chi connectivity index (χ3n) is 6.99. The summed E-state index contributed by atoms with van der Waals surface area (Å²) in [4.78, 5) is 34.7. The van der Waals surface area contributed by atoms with E-state index in [0.29, 0.717) is 22.0 Å². The van der Waals surface area contributed by atoms with Gasteiger partial charge in [0.05, 0.1) is 23.8 Å². The number of likely N-dealkylation sites (tertiary alicyclic amines) is 1. The Morgan fingerprint density at radius 3 is 2.63 bits per heavy atom. The molecule has 0 radical (unpaired) electrons. The molecule has 1 saturated heterocycles. The molecule has 8 heteroatoms. The Bertz CT molecular complexity index is 1260. The minimum Gasteiger partial charge on any atom is -0.432 e. The number of nitrogens with one attached hydrogen (secondary N) is 1. The number of esters is 1. The number of carbonyl (C=O) groups excluding carboxylic acids is 2. The van der Waals surface area contributed by atoms with Crippen LogP contribution in [0.25, 0.3) is 11.1 Å². The number of fused-ring (bicyclic) bond motifs is 1. The number of rotatable bonds is 6. The van der Waals surface area contributed by atoms with Gasteiger partial charge in [0.15, 0.2) is 0 Å². The Morgan fingerprint density at radius 1 is 1.17 bits per heavy atom. The highest BCUT2D eigenvalue weighted by Crippen LogP contribution is 2.36. The first-order chi connectivity index (χ1) is 16.9. The fourth-order valence-corrected chi connectivity index (χ4v) is 5.76. The Hall–Kier alpha value is -3.09. The normalized spacial score (nSPS) is 19.5. The van der Waals surface area contributed by atoms with Crippen LogP contribution in [0.15, 0.2) is 55.6 Å². The van der Waals surface area contributed by atoms with E-state index in [2.05, 4.69) is 16.5 Å². The zero-order chi connectivity index (χ0) is 24.5. The molecule has 2 aromatic carbocycles. The molecular weight excluding hydrogens is 485 g/mol. The Balaban J connectivity index is 1.28. The van der Waals surface area contributed by atoms with Crippen LogP contribution in [-0.2, 0) is 28.8 Å². The quantitative estimate of drug-likeness (QED) is 0.345. The third kappa shape index (κ3) is 4.73. The van der Waals surface area contributed by atoms with Crippen molar-refractivity contribution >= 4 is 35.1 Å². The summed E-state index contributed by atoms with van der Waals surface area (Å²) in [5.41, 5.74) is 5.19. The van der Waals surface area contributed by atoms with Crippen molar-refractivity contribution in [2.75, 3.05) is 6.54 Å². The van der Waals surface area contributed by atoms with E-state index in [4.69, 9.17) is 27.9 Å². The zero-order valence-electron chi connectivity index (χ0n) is 19.1. The highest BCUT2D eigenvalue weighted by atomic mass is 35.5. The van der Waals surface area contributed by atoms with Crippen molar-refractivity contribution in [1.29, 1.82) is 0 Å². The van der Waals surface area contributed by atoms with Crippen molar-refractivity contribution in [3.05, 3.63) is 88.1 Å². The molecule has 1 amide bonds. The summed E-state index contributed by atoms with van der Waals surface area (Å²) in [6.45, 7) is 4.15.